The number of aryl methyl sites for hydroxylation is 1. The molecule has 0 saturated carbocycles. The minimum absolute atomic E-state index is 0.131. The van der Waals surface area contributed by atoms with Gasteiger partial charge in [-0.25, -0.2) is 4.98 Å². The number of hydrogen-bond donors (Lipinski definition) is 1. The maximum atomic E-state index is 11.9. The number of hydrogen-bond acceptors (Lipinski definition) is 6. The van der Waals surface area contributed by atoms with Crippen molar-refractivity contribution in [2.45, 2.75) is 31.3 Å². The first-order chi connectivity index (χ1) is 8.63. The molecular weight excluding hydrogens is 270 g/mol. The molecule has 0 aromatic carbocycles. The Bertz CT molecular complexity index is 593. The molecule has 7 heteroatoms. The van der Waals surface area contributed by atoms with Crippen molar-refractivity contribution in [3.05, 3.63) is 27.1 Å². The fraction of sp³-hybridized carbons (Fsp3) is 0.545. The van der Waals surface area contributed by atoms with Crippen molar-refractivity contribution < 1.29 is 5.11 Å². The molecule has 2 aromatic heterocycles. The van der Waals surface area contributed by atoms with E-state index in [1.165, 1.54) is 21.9 Å². The number of nitrogens with zero attached hydrogens (tertiary/aromatic N) is 3. The smallest absolute Gasteiger partial charge is 0.275 e. The molecule has 1 atom stereocenters. The molecule has 0 aliphatic rings. The van der Waals surface area contributed by atoms with Crippen molar-refractivity contribution in [2.75, 3.05) is 6.61 Å². The van der Waals surface area contributed by atoms with E-state index in [-0.39, 0.29) is 17.4 Å². The van der Waals surface area contributed by atoms with Crippen LogP contribution in [-0.2, 0) is 12.2 Å². The molecule has 0 saturated heterocycles. The molecule has 5 nitrogen and oxygen atoms in total. The third kappa shape index (κ3) is 2.90. The molecule has 0 amide bonds. The fourth-order valence-corrected chi connectivity index (χ4v) is 2.96. The Morgan fingerprint density at radius 2 is 2.39 bits per heavy atom. The molecule has 18 heavy (non-hydrogen) atoms. The van der Waals surface area contributed by atoms with Crippen molar-refractivity contribution in [3.8, 4) is 0 Å². The summed E-state index contributed by atoms with van der Waals surface area (Å²) in [5.74, 6) is 0.632. The van der Waals surface area contributed by atoms with Gasteiger partial charge in [0.15, 0.2) is 0 Å². The first kappa shape index (κ1) is 13.5. The second-order valence-corrected chi connectivity index (χ2v) is 6.40. The lowest BCUT2D eigenvalue weighted by atomic mass is 10.4. The Morgan fingerprint density at radius 3 is 3.06 bits per heavy atom. The van der Waals surface area contributed by atoms with Crippen LogP contribution < -0.4 is 5.56 Å². The van der Waals surface area contributed by atoms with Crippen LogP contribution in [-0.4, -0.2) is 31.6 Å². The fourth-order valence-electron chi connectivity index (χ4n) is 1.39. The highest BCUT2D eigenvalue weighted by atomic mass is 32.2. The van der Waals surface area contributed by atoms with Crippen LogP contribution in [0.3, 0.4) is 0 Å². The van der Waals surface area contributed by atoms with Crippen LogP contribution in [0.1, 0.15) is 24.5 Å². The molecule has 0 bridgehead atoms. The number of aliphatic hydroxyl groups is 1. The van der Waals surface area contributed by atoms with Gasteiger partial charge in [0.1, 0.15) is 5.01 Å². The van der Waals surface area contributed by atoms with Crippen molar-refractivity contribution in [3.63, 3.8) is 0 Å². The van der Waals surface area contributed by atoms with Crippen LogP contribution in [0.25, 0.3) is 4.96 Å². The normalized spacial score (nSPS) is 13.1. The van der Waals surface area contributed by atoms with Gasteiger partial charge in [-0.05, 0) is 6.42 Å². The Morgan fingerprint density at radius 1 is 1.61 bits per heavy atom. The molecule has 2 heterocycles. The van der Waals surface area contributed by atoms with E-state index in [9.17, 15) is 4.79 Å². The first-order valence-corrected chi connectivity index (χ1v) is 7.61. The standard InChI is InChI=1S/C11H15N3O2S2/c1-3-9-13-14-10(16)4-8(12-11(14)18-9)6-17-7(2)5-15/h4,7,15H,3,5-6H2,1-2H3. The van der Waals surface area contributed by atoms with Gasteiger partial charge in [0.2, 0.25) is 4.96 Å². The van der Waals surface area contributed by atoms with Crippen LogP contribution in [0, 0.1) is 0 Å². The average molecular weight is 285 g/mol. The highest BCUT2D eigenvalue weighted by Gasteiger charge is 2.09. The summed E-state index contributed by atoms with van der Waals surface area (Å²) in [6.07, 6.45) is 0.805. The molecule has 0 spiro atoms. The maximum absolute atomic E-state index is 11.9. The Balaban J connectivity index is 2.28. The molecule has 98 valence electrons. The molecule has 0 radical (unpaired) electrons. The predicted molar refractivity (Wildman–Crippen MR) is 74.4 cm³/mol. The van der Waals surface area contributed by atoms with Gasteiger partial charge in [-0.2, -0.15) is 21.4 Å². The van der Waals surface area contributed by atoms with Crippen LogP contribution in [0.5, 0.6) is 0 Å². The van der Waals surface area contributed by atoms with E-state index in [0.29, 0.717) is 10.7 Å². The minimum atomic E-state index is -0.136. The van der Waals surface area contributed by atoms with Crippen LogP contribution in [0.4, 0.5) is 0 Å². The van der Waals surface area contributed by atoms with E-state index in [0.717, 1.165) is 17.1 Å². The molecule has 2 aromatic rings. The Kier molecular flexibility index (Phi) is 4.36. The highest BCUT2D eigenvalue weighted by molar-refractivity contribution is 7.99. The average Bonchev–Trinajstić information content (AvgIpc) is 2.79. The summed E-state index contributed by atoms with van der Waals surface area (Å²) in [6.45, 7) is 4.08. The summed E-state index contributed by atoms with van der Waals surface area (Å²) in [7, 11) is 0. The van der Waals surface area contributed by atoms with Gasteiger partial charge in [0, 0.05) is 17.1 Å². The van der Waals surface area contributed by atoms with Gasteiger partial charge in [-0.1, -0.05) is 25.2 Å². The van der Waals surface area contributed by atoms with Crippen molar-refractivity contribution in [1.29, 1.82) is 0 Å². The monoisotopic (exact) mass is 285 g/mol. The SMILES string of the molecule is CCc1nn2c(=O)cc(CSC(C)CO)nc2s1. The lowest BCUT2D eigenvalue weighted by Crippen LogP contribution is -2.15. The zero-order valence-electron chi connectivity index (χ0n) is 10.3. The largest absolute Gasteiger partial charge is 0.395 e. The van der Waals surface area contributed by atoms with Gasteiger partial charge in [-0.15, -0.1) is 0 Å². The van der Waals surface area contributed by atoms with Crippen LogP contribution in [0.15, 0.2) is 10.9 Å². The number of aromatic nitrogens is 3. The summed E-state index contributed by atoms with van der Waals surface area (Å²) < 4.78 is 1.35. The number of thioether (sulfide) groups is 1. The van der Waals surface area contributed by atoms with Crippen molar-refractivity contribution in [2.24, 2.45) is 0 Å². The van der Waals surface area contributed by atoms with Gasteiger partial charge in [-0.3, -0.25) is 4.79 Å². The summed E-state index contributed by atoms with van der Waals surface area (Å²) >= 11 is 3.03. The van der Waals surface area contributed by atoms with E-state index >= 15 is 0 Å². The number of aliphatic hydroxyl groups excluding tert-OH is 1. The van der Waals surface area contributed by atoms with Crippen molar-refractivity contribution in [1.82, 2.24) is 14.6 Å². The molecule has 0 aliphatic carbocycles. The summed E-state index contributed by atoms with van der Waals surface area (Å²) in [5, 5.41) is 14.2. The number of rotatable bonds is 5. The lowest BCUT2D eigenvalue weighted by Gasteiger charge is -2.06. The minimum Gasteiger partial charge on any atom is -0.395 e. The molecule has 1 N–H and O–H groups in total. The van der Waals surface area contributed by atoms with E-state index in [1.807, 2.05) is 13.8 Å². The van der Waals surface area contributed by atoms with E-state index in [2.05, 4.69) is 10.1 Å². The second-order valence-electron chi connectivity index (χ2n) is 3.93. The Hall–Kier alpha value is -0.920. The molecule has 1 unspecified atom stereocenters. The Labute approximate surface area is 113 Å². The molecule has 0 fully saturated rings. The summed E-state index contributed by atoms with van der Waals surface area (Å²) in [6, 6.07) is 1.52. The third-order valence-corrected chi connectivity index (χ3v) is 4.65. The molecule has 0 aliphatic heterocycles. The third-order valence-electron chi connectivity index (χ3n) is 2.42. The second kappa shape index (κ2) is 5.81. The maximum Gasteiger partial charge on any atom is 0.275 e. The van der Waals surface area contributed by atoms with Gasteiger partial charge >= 0.3 is 0 Å². The highest BCUT2D eigenvalue weighted by Crippen LogP contribution is 2.17. The zero-order valence-corrected chi connectivity index (χ0v) is 11.9. The number of fused-ring (bicyclic) bond motifs is 1. The van der Waals surface area contributed by atoms with E-state index in [4.69, 9.17) is 5.11 Å². The van der Waals surface area contributed by atoms with E-state index in [1.54, 1.807) is 11.8 Å². The summed E-state index contributed by atoms with van der Waals surface area (Å²) in [4.78, 5) is 16.9. The van der Waals surface area contributed by atoms with Crippen LogP contribution >= 0.6 is 23.1 Å². The van der Waals surface area contributed by atoms with Gasteiger partial charge < -0.3 is 5.11 Å². The molecule has 2 rings (SSSR count). The predicted octanol–water partition coefficient (Wildman–Crippen LogP) is 1.33. The van der Waals surface area contributed by atoms with E-state index < -0.39 is 0 Å². The topological polar surface area (TPSA) is 67.5 Å². The van der Waals surface area contributed by atoms with Crippen LogP contribution in [0.2, 0.25) is 0 Å². The summed E-state index contributed by atoms with van der Waals surface area (Å²) in [5.41, 5.74) is 0.611. The van der Waals surface area contributed by atoms with Gasteiger partial charge in [0.05, 0.1) is 12.3 Å². The molecular formula is C11H15N3O2S2. The quantitative estimate of drug-likeness (QED) is 0.897. The first-order valence-electron chi connectivity index (χ1n) is 5.75. The van der Waals surface area contributed by atoms with Crippen molar-refractivity contribution >= 4 is 28.1 Å². The van der Waals surface area contributed by atoms with Gasteiger partial charge in [0.25, 0.3) is 5.56 Å². The lowest BCUT2D eigenvalue weighted by molar-refractivity contribution is 0.300. The zero-order chi connectivity index (χ0) is 13.1.